The van der Waals surface area contributed by atoms with E-state index in [0.717, 1.165) is 12.4 Å². The number of hydrogen-bond donors (Lipinski definition) is 1. The third-order valence-corrected chi connectivity index (χ3v) is 3.37. The first-order valence-electron chi connectivity index (χ1n) is 6.40. The highest BCUT2D eigenvalue weighted by atomic mass is 32.1. The number of aromatic nitrogens is 2. The molecule has 2 aromatic rings. The fraction of sp³-hybridized carbons (Fsp3) is 0.429. The van der Waals surface area contributed by atoms with Gasteiger partial charge in [0.1, 0.15) is 5.82 Å². The van der Waals surface area contributed by atoms with Crippen LogP contribution in [-0.4, -0.2) is 22.6 Å². The van der Waals surface area contributed by atoms with Crippen molar-refractivity contribution < 1.29 is 4.74 Å². The van der Waals surface area contributed by atoms with Crippen LogP contribution in [0.4, 0.5) is 5.82 Å². The zero-order valence-corrected chi connectivity index (χ0v) is 12.3. The third-order valence-electron chi connectivity index (χ3n) is 2.67. The van der Waals surface area contributed by atoms with Crippen LogP contribution in [0.1, 0.15) is 32.3 Å². The standard InChI is InChI=1S/C14H19N3OS/c1-10(2)18-14-8-15-7-13(17-14)16-6-11(3)12-4-5-19-9-12/h4-5,7-11H,6H2,1-3H3,(H,16,17). The molecule has 0 aliphatic rings. The third kappa shape index (κ3) is 4.21. The van der Waals surface area contributed by atoms with Crippen molar-refractivity contribution in [1.29, 1.82) is 0 Å². The Morgan fingerprint density at radius 3 is 2.84 bits per heavy atom. The van der Waals surface area contributed by atoms with E-state index >= 15 is 0 Å². The molecule has 0 fully saturated rings. The lowest BCUT2D eigenvalue weighted by Gasteiger charge is -2.13. The zero-order valence-electron chi connectivity index (χ0n) is 11.5. The summed E-state index contributed by atoms with van der Waals surface area (Å²) in [4.78, 5) is 8.50. The van der Waals surface area contributed by atoms with Gasteiger partial charge in [0.2, 0.25) is 5.88 Å². The van der Waals surface area contributed by atoms with Gasteiger partial charge in [0.05, 0.1) is 18.5 Å². The van der Waals surface area contributed by atoms with Crippen molar-refractivity contribution in [2.24, 2.45) is 0 Å². The van der Waals surface area contributed by atoms with Crippen molar-refractivity contribution in [1.82, 2.24) is 9.97 Å². The van der Waals surface area contributed by atoms with Crippen LogP contribution in [0.15, 0.2) is 29.2 Å². The molecule has 5 heteroatoms. The molecule has 0 saturated carbocycles. The molecule has 2 rings (SSSR count). The van der Waals surface area contributed by atoms with E-state index in [1.165, 1.54) is 5.56 Å². The molecule has 2 heterocycles. The van der Waals surface area contributed by atoms with Crippen molar-refractivity contribution in [3.05, 3.63) is 34.8 Å². The van der Waals surface area contributed by atoms with E-state index in [2.05, 4.69) is 39.0 Å². The summed E-state index contributed by atoms with van der Waals surface area (Å²) in [6.45, 7) is 6.97. The van der Waals surface area contributed by atoms with E-state index in [0.29, 0.717) is 11.8 Å². The maximum absolute atomic E-state index is 5.52. The maximum Gasteiger partial charge on any atom is 0.234 e. The van der Waals surface area contributed by atoms with Crippen molar-refractivity contribution in [3.63, 3.8) is 0 Å². The van der Waals surface area contributed by atoms with Gasteiger partial charge in [-0.2, -0.15) is 16.3 Å². The Hall–Kier alpha value is -1.62. The maximum atomic E-state index is 5.52. The quantitative estimate of drug-likeness (QED) is 0.877. The SMILES string of the molecule is CC(C)Oc1cncc(NCC(C)c2ccsc2)n1. The summed E-state index contributed by atoms with van der Waals surface area (Å²) in [5.41, 5.74) is 1.35. The number of rotatable bonds is 6. The normalized spacial score (nSPS) is 12.4. The van der Waals surface area contributed by atoms with E-state index in [1.807, 2.05) is 13.8 Å². The van der Waals surface area contributed by atoms with Gasteiger partial charge in [0.15, 0.2) is 0 Å². The summed E-state index contributed by atoms with van der Waals surface area (Å²) in [5.74, 6) is 1.76. The average Bonchev–Trinajstić information content (AvgIpc) is 2.89. The molecule has 1 atom stereocenters. The van der Waals surface area contributed by atoms with Gasteiger partial charge in [-0.3, -0.25) is 4.98 Å². The Labute approximate surface area is 117 Å². The van der Waals surface area contributed by atoms with Crippen LogP contribution in [0.2, 0.25) is 0 Å². The van der Waals surface area contributed by atoms with Crippen LogP contribution in [0.5, 0.6) is 5.88 Å². The first-order chi connectivity index (χ1) is 9.15. The molecule has 0 aromatic carbocycles. The summed E-state index contributed by atoms with van der Waals surface area (Å²) < 4.78 is 5.52. The summed E-state index contributed by atoms with van der Waals surface area (Å²) in [5, 5.41) is 7.57. The van der Waals surface area contributed by atoms with Crippen LogP contribution >= 0.6 is 11.3 Å². The summed E-state index contributed by atoms with van der Waals surface area (Å²) >= 11 is 1.72. The number of anilines is 1. The lowest BCUT2D eigenvalue weighted by molar-refractivity contribution is 0.232. The zero-order chi connectivity index (χ0) is 13.7. The van der Waals surface area contributed by atoms with Crippen LogP contribution in [-0.2, 0) is 0 Å². The molecule has 0 bridgehead atoms. The molecule has 102 valence electrons. The molecular formula is C14H19N3OS. The minimum Gasteiger partial charge on any atom is -0.474 e. The minimum atomic E-state index is 0.106. The Bertz CT molecular complexity index is 499. The van der Waals surface area contributed by atoms with Crippen LogP contribution in [0, 0.1) is 0 Å². The van der Waals surface area contributed by atoms with Gasteiger partial charge in [-0.1, -0.05) is 6.92 Å². The fourth-order valence-corrected chi connectivity index (χ4v) is 2.44. The first-order valence-corrected chi connectivity index (χ1v) is 7.34. The lowest BCUT2D eigenvalue weighted by atomic mass is 10.1. The highest BCUT2D eigenvalue weighted by Gasteiger charge is 2.07. The Kier molecular flexibility index (Phi) is 4.74. The molecule has 19 heavy (non-hydrogen) atoms. The Balaban J connectivity index is 1.92. The monoisotopic (exact) mass is 277 g/mol. The first kappa shape index (κ1) is 13.8. The van der Waals surface area contributed by atoms with Gasteiger partial charge in [0.25, 0.3) is 0 Å². The molecule has 4 nitrogen and oxygen atoms in total. The molecule has 0 saturated heterocycles. The fourth-order valence-electron chi connectivity index (χ4n) is 1.66. The molecule has 0 aliphatic heterocycles. The van der Waals surface area contributed by atoms with Gasteiger partial charge < -0.3 is 10.1 Å². The van der Waals surface area contributed by atoms with Gasteiger partial charge in [-0.15, -0.1) is 0 Å². The van der Waals surface area contributed by atoms with Gasteiger partial charge >= 0.3 is 0 Å². The van der Waals surface area contributed by atoms with Crippen LogP contribution < -0.4 is 10.1 Å². The molecule has 0 aliphatic carbocycles. The summed E-state index contributed by atoms with van der Waals surface area (Å²) in [7, 11) is 0. The molecule has 0 radical (unpaired) electrons. The van der Waals surface area contributed by atoms with Crippen molar-refractivity contribution >= 4 is 17.2 Å². The number of ether oxygens (including phenoxy) is 1. The van der Waals surface area contributed by atoms with E-state index in [4.69, 9.17) is 4.74 Å². The molecule has 0 spiro atoms. The Morgan fingerprint density at radius 1 is 1.32 bits per heavy atom. The second-order valence-corrected chi connectivity index (χ2v) is 5.53. The summed E-state index contributed by atoms with van der Waals surface area (Å²) in [6, 6.07) is 2.15. The highest BCUT2D eigenvalue weighted by molar-refractivity contribution is 7.07. The van der Waals surface area contributed by atoms with Gasteiger partial charge in [0, 0.05) is 6.54 Å². The predicted molar refractivity (Wildman–Crippen MR) is 79.0 cm³/mol. The van der Waals surface area contributed by atoms with E-state index in [9.17, 15) is 0 Å². The predicted octanol–water partition coefficient (Wildman–Crippen LogP) is 3.54. The number of nitrogens with one attached hydrogen (secondary N) is 1. The molecule has 1 N–H and O–H groups in total. The number of thiophene rings is 1. The molecule has 2 aromatic heterocycles. The van der Waals surface area contributed by atoms with Gasteiger partial charge in [-0.05, 0) is 42.2 Å². The lowest BCUT2D eigenvalue weighted by Crippen LogP contribution is -2.12. The number of hydrogen-bond acceptors (Lipinski definition) is 5. The molecule has 1 unspecified atom stereocenters. The van der Waals surface area contributed by atoms with Crippen molar-refractivity contribution in [2.75, 3.05) is 11.9 Å². The molecular weight excluding hydrogens is 258 g/mol. The Morgan fingerprint density at radius 2 is 2.16 bits per heavy atom. The van der Waals surface area contributed by atoms with Crippen molar-refractivity contribution in [2.45, 2.75) is 32.8 Å². The van der Waals surface area contributed by atoms with E-state index in [1.54, 1.807) is 23.7 Å². The second kappa shape index (κ2) is 6.52. The average molecular weight is 277 g/mol. The smallest absolute Gasteiger partial charge is 0.234 e. The summed E-state index contributed by atoms with van der Waals surface area (Å²) in [6.07, 6.45) is 3.45. The highest BCUT2D eigenvalue weighted by Crippen LogP contribution is 2.19. The minimum absolute atomic E-state index is 0.106. The van der Waals surface area contributed by atoms with E-state index < -0.39 is 0 Å². The second-order valence-electron chi connectivity index (χ2n) is 4.75. The van der Waals surface area contributed by atoms with Gasteiger partial charge in [-0.25, -0.2) is 0 Å². The van der Waals surface area contributed by atoms with Crippen LogP contribution in [0.3, 0.4) is 0 Å². The van der Waals surface area contributed by atoms with Crippen molar-refractivity contribution in [3.8, 4) is 5.88 Å². The largest absolute Gasteiger partial charge is 0.474 e. The van der Waals surface area contributed by atoms with E-state index in [-0.39, 0.29) is 6.10 Å². The van der Waals surface area contributed by atoms with Crippen LogP contribution in [0.25, 0.3) is 0 Å². The number of nitrogens with zero attached hydrogens (tertiary/aromatic N) is 2. The molecule has 0 amide bonds. The topological polar surface area (TPSA) is 47.0 Å².